The van der Waals surface area contributed by atoms with Gasteiger partial charge in [-0.2, -0.15) is 0 Å². The summed E-state index contributed by atoms with van der Waals surface area (Å²) in [7, 11) is 0. The van der Waals surface area contributed by atoms with Crippen molar-refractivity contribution < 1.29 is 13.9 Å². The van der Waals surface area contributed by atoms with E-state index in [1.807, 2.05) is 22.9 Å². The monoisotopic (exact) mass is 414 g/mol. The molecule has 4 aromatic rings. The molecule has 0 radical (unpaired) electrons. The summed E-state index contributed by atoms with van der Waals surface area (Å²) in [5, 5.41) is 4.40. The zero-order valence-electron chi connectivity index (χ0n) is 14.8. The Morgan fingerprint density at radius 1 is 1.29 bits per heavy atom. The van der Waals surface area contributed by atoms with Gasteiger partial charge in [-0.25, -0.2) is 9.37 Å². The lowest BCUT2D eigenvalue weighted by Crippen LogP contribution is -2.18. The topological polar surface area (TPSA) is 72.0 Å². The quantitative estimate of drug-likeness (QED) is 0.481. The van der Waals surface area contributed by atoms with Crippen LogP contribution in [-0.2, 0) is 16.0 Å². The van der Waals surface area contributed by atoms with Gasteiger partial charge in [-0.05, 0) is 36.1 Å². The SMILES string of the molecule is C[C@H](OC(=O)Cc1cccc(F)c1)c1nc2scc(-c3cccs3)c2c(=O)[nH]1. The molecule has 1 atom stereocenters. The minimum Gasteiger partial charge on any atom is -0.454 e. The van der Waals surface area contributed by atoms with E-state index >= 15 is 0 Å². The molecule has 0 unspecified atom stereocenters. The van der Waals surface area contributed by atoms with Gasteiger partial charge in [-0.15, -0.1) is 22.7 Å². The first-order chi connectivity index (χ1) is 13.5. The largest absolute Gasteiger partial charge is 0.454 e. The molecule has 0 aliphatic rings. The third-order valence-corrected chi connectivity index (χ3v) is 5.96. The molecule has 5 nitrogen and oxygen atoms in total. The maximum absolute atomic E-state index is 13.2. The van der Waals surface area contributed by atoms with Gasteiger partial charge in [0.1, 0.15) is 10.6 Å². The highest BCUT2D eigenvalue weighted by molar-refractivity contribution is 7.18. The van der Waals surface area contributed by atoms with Crippen LogP contribution in [0.4, 0.5) is 4.39 Å². The van der Waals surface area contributed by atoms with E-state index in [1.54, 1.807) is 24.3 Å². The minimum atomic E-state index is -0.731. The molecule has 1 N–H and O–H groups in total. The molecule has 3 heterocycles. The van der Waals surface area contributed by atoms with E-state index in [0.29, 0.717) is 15.8 Å². The zero-order chi connectivity index (χ0) is 19.7. The van der Waals surface area contributed by atoms with Crippen LogP contribution in [0.1, 0.15) is 24.4 Å². The second-order valence-corrected chi connectivity index (χ2v) is 8.00. The molecular weight excluding hydrogens is 399 g/mol. The molecular formula is C20H15FN2O3S2. The van der Waals surface area contributed by atoms with E-state index in [9.17, 15) is 14.0 Å². The zero-order valence-corrected chi connectivity index (χ0v) is 16.4. The molecule has 8 heteroatoms. The first kappa shape index (κ1) is 18.5. The number of benzene rings is 1. The summed E-state index contributed by atoms with van der Waals surface area (Å²) < 4.78 is 18.6. The number of ether oxygens (including phenoxy) is 1. The molecule has 0 spiro atoms. The van der Waals surface area contributed by atoms with E-state index < -0.39 is 17.9 Å². The molecule has 0 amide bonds. The fourth-order valence-corrected chi connectivity index (χ4v) is 4.65. The number of aromatic amines is 1. The van der Waals surface area contributed by atoms with Gasteiger partial charge in [0.05, 0.1) is 11.8 Å². The molecule has 0 saturated carbocycles. The van der Waals surface area contributed by atoms with Crippen molar-refractivity contribution in [1.29, 1.82) is 0 Å². The molecule has 28 heavy (non-hydrogen) atoms. The van der Waals surface area contributed by atoms with Crippen LogP contribution in [0, 0.1) is 5.82 Å². The summed E-state index contributed by atoms with van der Waals surface area (Å²) >= 11 is 2.93. The van der Waals surface area contributed by atoms with Crippen molar-refractivity contribution in [2.24, 2.45) is 0 Å². The Morgan fingerprint density at radius 3 is 2.89 bits per heavy atom. The van der Waals surface area contributed by atoms with Gasteiger partial charge < -0.3 is 9.72 Å². The van der Waals surface area contributed by atoms with Crippen molar-refractivity contribution in [2.45, 2.75) is 19.4 Å². The summed E-state index contributed by atoms with van der Waals surface area (Å²) in [4.78, 5) is 33.6. The van der Waals surface area contributed by atoms with Crippen molar-refractivity contribution in [2.75, 3.05) is 0 Å². The number of hydrogen-bond donors (Lipinski definition) is 1. The third kappa shape index (κ3) is 3.74. The molecule has 0 saturated heterocycles. The van der Waals surface area contributed by atoms with Crippen LogP contribution in [0.5, 0.6) is 0 Å². The predicted octanol–water partition coefficient (Wildman–Crippen LogP) is 4.70. The van der Waals surface area contributed by atoms with Crippen LogP contribution in [0.2, 0.25) is 0 Å². The van der Waals surface area contributed by atoms with Gasteiger partial charge >= 0.3 is 5.97 Å². The van der Waals surface area contributed by atoms with E-state index in [1.165, 1.54) is 29.5 Å². The Kier molecular flexibility index (Phi) is 5.06. The lowest BCUT2D eigenvalue weighted by Gasteiger charge is -2.12. The lowest BCUT2D eigenvalue weighted by molar-refractivity contribution is -0.148. The number of aromatic nitrogens is 2. The number of hydrogen-bond acceptors (Lipinski definition) is 6. The average Bonchev–Trinajstić information content (AvgIpc) is 3.30. The second-order valence-electron chi connectivity index (χ2n) is 6.20. The standard InChI is InChI=1S/C20H15FN2O3S2/c1-11(26-16(24)9-12-4-2-5-13(21)8-12)18-22-19(25)17-14(10-28-20(17)23-18)15-6-3-7-27-15/h2-8,10-11H,9H2,1H3,(H,22,23,25)/t11-/m0/s1. The summed E-state index contributed by atoms with van der Waals surface area (Å²) in [5.74, 6) is -0.648. The number of esters is 1. The summed E-state index contributed by atoms with van der Waals surface area (Å²) in [6.07, 6.45) is -0.790. The third-order valence-electron chi connectivity index (χ3n) is 4.18. The number of fused-ring (bicyclic) bond motifs is 1. The minimum absolute atomic E-state index is 0.0594. The predicted molar refractivity (Wildman–Crippen MR) is 108 cm³/mol. The van der Waals surface area contributed by atoms with Crippen molar-refractivity contribution >= 4 is 38.9 Å². The molecule has 0 aliphatic carbocycles. The summed E-state index contributed by atoms with van der Waals surface area (Å²) in [5.41, 5.74) is 1.11. The number of H-pyrrole nitrogens is 1. The first-order valence-electron chi connectivity index (χ1n) is 8.50. The number of carbonyl (C=O) groups excluding carboxylic acids is 1. The average molecular weight is 414 g/mol. The highest BCUT2D eigenvalue weighted by Gasteiger charge is 2.19. The van der Waals surface area contributed by atoms with Crippen molar-refractivity contribution in [1.82, 2.24) is 9.97 Å². The Hall–Kier alpha value is -2.84. The molecule has 3 aromatic heterocycles. The van der Waals surface area contributed by atoms with Crippen LogP contribution in [-0.4, -0.2) is 15.9 Å². The highest BCUT2D eigenvalue weighted by atomic mass is 32.1. The van der Waals surface area contributed by atoms with Gasteiger partial charge in [0, 0.05) is 15.8 Å². The smallest absolute Gasteiger partial charge is 0.310 e. The van der Waals surface area contributed by atoms with Gasteiger partial charge in [0.2, 0.25) is 0 Å². The van der Waals surface area contributed by atoms with Crippen LogP contribution < -0.4 is 5.56 Å². The van der Waals surface area contributed by atoms with Crippen LogP contribution in [0.3, 0.4) is 0 Å². The normalized spacial score (nSPS) is 12.2. The number of rotatable bonds is 5. The van der Waals surface area contributed by atoms with Gasteiger partial charge in [-0.3, -0.25) is 9.59 Å². The lowest BCUT2D eigenvalue weighted by atomic mass is 10.1. The maximum Gasteiger partial charge on any atom is 0.310 e. The molecule has 1 aromatic carbocycles. The van der Waals surface area contributed by atoms with Crippen molar-refractivity contribution in [3.63, 3.8) is 0 Å². The number of halogens is 1. The first-order valence-corrected chi connectivity index (χ1v) is 10.3. The summed E-state index contributed by atoms with van der Waals surface area (Å²) in [6.45, 7) is 1.64. The Bertz CT molecular complexity index is 1200. The van der Waals surface area contributed by atoms with Crippen LogP contribution in [0.25, 0.3) is 20.7 Å². The van der Waals surface area contributed by atoms with Crippen LogP contribution >= 0.6 is 22.7 Å². The summed E-state index contributed by atoms with van der Waals surface area (Å²) in [6, 6.07) is 9.67. The van der Waals surface area contributed by atoms with Gasteiger partial charge in [0.25, 0.3) is 5.56 Å². The van der Waals surface area contributed by atoms with Gasteiger partial charge in [-0.1, -0.05) is 18.2 Å². The molecule has 4 rings (SSSR count). The highest BCUT2D eigenvalue weighted by Crippen LogP contribution is 2.33. The molecule has 142 valence electrons. The van der Waals surface area contributed by atoms with Gasteiger partial charge in [0.15, 0.2) is 11.9 Å². The second kappa shape index (κ2) is 7.65. The van der Waals surface area contributed by atoms with Crippen LogP contribution in [0.15, 0.2) is 52.0 Å². The Labute approximate surface area is 167 Å². The number of thiophene rings is 2. The van der Waals surface area contributed by atoms with E-state index in [4.69, 9.17) is 4.74 Å². The van der Waals surface area contributed by atoms with Crippen molar-refractivity contribution in [3.8, 4) is 10.4 Å². The number of nitrogens with one attached hydrogen (secondary N) is 1. The number of carbonyl (C=O) groups is 1. The molecule has 0 fully saturated rings. The van der Waals surface area contributed by atoms with E-state index in [0.717, 1.165) is 10.4 Å². The maximum atomic E-state index is 13.2. The molecule has 0 aliphatic heterocycles. The van der Waals surface area contributed by atoms with E-state index in [-0.39, 0.29) is 17.8 Å². The molecule has 0 bridgehead atoms. The Balaban J connectivity index is 1.55. The fourth-order valence-electron chi connectivity index (χ4n) is 2.88. The van der Waals surface area contributed by atoms with Crippen molar-refractivity contribution in [3.05, 3.63) is 74.7 Å². The Morgan fingerprint density at radius 2 is 2.14 bits per heavy atom. The number of nitrogens with zero attached hydrogens (tertiary/aromatic N) is 1. The fraction of sp³-hybridized carbons (Fsp3) is 0.150. The van der Waals surface area contributed by atoms with E-state index in [2.05, 4.69) is 9.97 Å².